The van der Waals surface area contributed by atoms with E-state index < -0.39 is 11.2 Å². The van der Waals surface area contributed by atoms with Crippen molar-refractivity contribution in [1.82, 2.24) is 0 Å². The van der Waals surface area contributed by atoms with Gasteiger partial charge in [0, 0.05) is 5.69 Å². The van der Waals surface area contributed by atoms with Crippen LogP contribution in [-0.2, 0) is 19.0 Å². The second-order valence-corrected chi connectivity index (χ2v) is 5.44. The van der Waals surface area contributed by atoms with Crippen LogP contribution in [0.25, 0.3) is 0 Å². The summed E-state index contributed by atoms with van der Waals surface area (Å²) in [5.74, 6) is -0.758. The summed E-state index contributed by atoms with van der Waals surface area (Å²) >= 11 is 5.04. The number of halogens is 1. The number of carbonyl (C=O) groups excluding carboxylic acids is 3. The lowest BCUT2D eigenvalue weighted by molar-refractivity contribution is -0.116. The molecule has 2 aromatic carbocycles. The average molecular weight is 394 g/mol. The predicted octanol–water partition coefficient (Wildman–Crippen LogP) is 2.68. The van der Waals surface area contributed by atoms with Crippen molar-refractivity contribution in [2.75, 3.05) is 32.7 Å². The molecule has 0 spiro atoms. The van der Waals surface area contributed by atoms with E-state index in [-0.39, 0.29) is 25.8 Å². The van der Waals surface area contributed by atoms with Crippen molar-refractivity contribution in [2.24, 2.45) is 0 Å². The summed E-state index contributed by atoms with van der Waals surface area (Å²) in [5.41, 5.74) is 7.05. The number of methoxy groups -OCH3 is 1. The van der Waals surface area contributed by atoms with Crippen LogP contribution in [0, 0.1) is 0 Å². The zero-order valence-corrected chi connectivity index (χ0v) is 15.5. The normalized spacial score (nSPS) is 9.56. The number of ether oxygens (including phenoxy) is 3. The first-order valence-electron chi connectivity index (χ1n) is 7.86. The third-order valence-electron chi connectivity index (χ3n) is 3.02. The maximum atomic E-state index is 11.4. The SMILES string of the molecule is COC(=O)c1ccc(N)cc1.O=C(Cl)COCCOC(=O)c1ccccc1. The lowest BCUT2D eigenvalue weighted by Crippen LogP contribution is -2.12. The molecule has 2 aromatic rings. The molecule has 0 bridgehead atoms. The summed E-state index contributed by atoms with van der Waals surface area (Å²) in [6.07, 6.45) is 0. The summed E-state index contributed by atoms with van der Waals surface area (Å²) in [4.78, 5) is 32.5. The molecular formula is C19H20ClNO6. The van der Waals surface area contributed by atoms with Gasteiger partial charge in [0.15, 0.2) is 0 Å². The van der Waals surface area contributed by atoms with Crippen LogP contribution in [0.15, 0.2) is 54.6 Å². The Hall–Kier alpha value is -2.90. The van der Waals surface area contributed by atoms with Crippen LogP contribution in [0.2, 0.25) is 0 Å². The van der Waals surface area contributed by atoms with Crippen LogP contribution in [0.3, 0.4) is 0 Å². The fraction of sp³-hybridized carbons (Fsp3) is 0.211. The molecule has 0 aliphatic heterocycles. The van der Waals surface area contributed by atoms with Gasteiger partial charge in [0.25, 0.3) is 0 Å². The first-order valence-corrected chi connectivity index (χ1v) is 8.24. The van der Waals surface area contributed by atoms with Crippen LogP contribution >= 0.6 is 11.6 Å². The van der Waals surface area contributed by atoms with Gasteiger partial charge in [-0.1, -0.05) is 18.2 Å². The average Bonchev–Trinajstić information content (AvgIpc) is 2.68. The minimum absolute atomic E-state index is 0.0951. The van der Waals surface area contributed by atoms with E-state index in [2.05, 4.69) is 4.74 Å². The van der Waals surface area contributed by atoms with E-state index in [0.717, 1.165) is 0 Å². The van der Waals surface area contributed by atoms with Crippen molar-refractivity contribution in [3.8, 4) is 0 Å². The fourth-order valence-electron chi connectivity index (χ4n) is 1.74. The molecule has 8 heteroatoms. The van der Waals surface area contributed by atoms with Crippen molar-refractivity contribution in [2.45, 2.75) is 0 Å². The Balaban J connectivity index is 0.000000289. The molecule has 2 N–H and O–H groups in total. The minimum atomic E-state index is -0.575. The molecule has 7 nitrogen and oxygen atoms in total. The monoisotopic (exact) mass is 393 g/mol. The summed E-state index contributed by atoms with van der Waals surface area (Å²) in [7, 11) is 1.35. The molecular weight excluding hydrogens is 374 g/mol. The van der Waals surface area contributed by atoms with Gasteiger partial charge in [0.05, 0.1) is 24.8 Å². The highest BCUT2D eigenvalue weighted by atomic mass is 35.5. The van der Waals surface area contributed by atoms with Crippen LogP contribution in [0.4, 0.5) is 5.69 Å². The Morgan fingerprint density at radius 1 is 0.889 bits per heavy atom. The Morgan fingerprint density at radius 2 is 1.48 bits per heavy atom. The summed E-state index contributed by atoms with van der Waals surface area (Å²) in [5, 5.41) is -0.575. The Kier molecular flexibility index (Phi) is 10.2. The fourth-order valence-corrected chi connectivity index (χ4v) is 1.82. The largest absolute Gasteiger partial charge is 0.465 e. The second-order valence-electron chi connectivity index (χ2n) is 5.02. The number of carbonyl (C=O) groups is 3. The van der Waals surface area contributed by atoms with E-state index >= 15 is 0 Å². The molecule has 0 heterocycles. The number of anilines is 1. The highest BCUT2D eigenvalue weighted by Gasteiger charge is 2.05. The van der Waals surface area contributed by atoms with Gasteiger partial charge in [-0.25, -0.2) is 9.59 Å². The number of nitrogen functional groups attached to an aromatic ring is 1. The highest BCUT2D eigenvalue weighted by Crippen LogP contribution is 2.05. The first-order chi connectivity index (χ1) is 12.9. The van der Waals surface area contributed by atoms with E-state index in [4.69, 9.17) is 26.8 Å². The molecule has 0 saturated heterocycles. The molecule has 0 fully saturated rings. The predicted molar refractivity (Wildman–Crippen MR) is 101 cm³/mol. The zero-order chi connectivity index (χ0) is 20.1. The quantitative estimate of drug-likeness (QED) is 0.333. The lowest BCUT2D eigenvalue weighted by atomic mass is 10.2. The van der Waals surface area contributed by atoms with E-state index in [1.807, 2.05) is 6.07 Å². The Bertz CT molecular complexity index is 734. The van der Waals surface area contributed by atoms with Gasteiger partial charge < -0.3 is 19.9 Å². The van der Waals surface area contributed by atoms with Gasteiger partial charge in [-0.2, -0.15) is 0 Å². The third kappa shape index (κ3) is 9.39. The molecule has 0 radical (unpaired) electrons. The zero-order valence-electron chi connectivity index (χ0n) is 14.7. The van der Waals surface area contributed by atoms with Gasteiger partial charge in [-0.3, -0.25) is 4.79 Å². The van der Waals surface area contributed by atoms with Crippen LogP contribution in [0.5, 0.6) is 0 Å². The Morgan fingerprint density at radius 3 is 2.04 bits per heavy atom. The first kappa shape index (κ1) is 22.1. The molecule has 0 unspecified atom stereocenters. The lowest BCUT2D eigenvalue weighted by Gasteiger charge is -2.04. The molecule has 0 amide bonds. The number of rotatable bonds is 7. The van der Waals surface area contributed by atoms with Crippen molar-refractivity contribution in [1.29, 1.82) is 0 Å². The van der Waals surface area contributed by atoms with Crippen LogP contribution < -0.4 is 5.73 Å². The van der Waals surface area contributed by atoms with E-state index in [0.29, 0.717) is 16.8 Å². The molecule has 0 saturated carbocycles. The standard InChI is InChI=1S/C11H11ClO4.C8H9NO2/c12-10(13)8-15-6-7-16-11(14)9-4-2-1-3-5-9;1-11-8(10)6-2-4-7(9)5-3-6/h1-5H,6-8H2;2-5H,9H2,1H3. The smallest absolute Gasteiger partial charge is 0.338 e. The molecule has 2 rings (SSSR count). The van der Waals surface area contributed by atoms with Crippen molar-refractivity contribution in [3.63, 3.8) is 0 Å². The molecule has 0 aliphatic rings. The minimum Gasteiger partial charge on any atom is -0.465 e. The van der Waals surface area contributed by atoms with Crippen molar-refractivity contribution in [3.05, 3.63) is 65.7 Å². The van der Waals surface area contributed by atoms with Crippen LogP contribution in [-0.4, -0.2) is 44.1 Å². The maximum absolute atomic E-state index is 11.4. The number of hydrogen-bond donors (Lipinski definition) is 1. The molecule has 0 aliphatic carbocycles. The van der Waals surface area contributed by atoms with Crippen LogP contribution in [0.1, 0.15) is 20.7 Å². The third-order valence-corrected chi connectivity index (χ3v) is 3.13. The molecule has 27 heavy (non-hydrogen) atoms. The molecule has 0 aromatic heterocycles. The van der Waals surface area contributed by atoms with E-state index in [9.17, 15) is 14.4 Å². The number of hydrogen-bond acceptors (Lipinski definition) is 7. The van der Waals surface area contributed by atoms with Gasteiger partial charge in [-0.05, 0) is 48.0 Å². The van der Waals surface area contributed by atoms with Gasteiger partial charge in [-0.15, -0.1) is 0 Å². The number of nitrogens with two attached hydrogens (primary N) is 1. The van der Waals surface area contributed by atoms with Gasteiger partial charge >= 0.3 is 11.9 Å². The van der Waals surface area contributed by atoms with E-state index in [1.54, 1.807) is 48.5 Å². The van der Waals surface area contributed by atoms with Gasteiger partial charge in [0.1, 0.15) is 13.2 Å². The second kappa shape index (κ2) is 12.5. The summed E-state index contributed by atoms with van der Waals surface area (Å²) in [6.45, 7) is 0.0688. The topological polar surface area (TPSA) is 105 Å². The Labute approximate surface area is 162 Å². The van der Waals surface area contributed by atoms with E-state index in [1.165, 1.54) is 7.11 Å². The summed E-state index contributed by atoms with van der Waals surface area (Å²) < 4.78 is 14.2. The summed E-state index contributed by atoms with van der Waals surface area (Å²) in [6, 6.07) is 15.2. The van der Waals surface area contributed by atoms with Gasteiger partial charge in [0.2, 0.25) is 5.24 Å². The van der Waals surface area contributed by atoms with Crippen molar-refractivity contribution < 1.29 is 28.6 Å². The maximum Gasteiger partial charge on any atom is 0.338 e. The molecule has 0 atom stereocenters. The number of esters is 2. The molecule has 144 valence electrons. The van der Waals surface area contributed by atoms with Crippen molar-refractivity contribution >= 4 is 34.5 Å². The number of benzene rings is 2. The highest BCUT2D eigenvalue weighted by molar-refractivity contribution is 6.63.